The molecule has 0 radical (unpaired) electrons. The summed E-state index contributed by atoms with van der Waals surface area (Å²) >= 11 is 1.34. The fraction of sp³-hybridized carbons (Fsp3) is 0.242. The molecule has 2 atom stereocenters. The first-order chi connectivity index (χ1) is 21.7. The number of rotatable bonds is 8. The van der Waals surface area contributed by atoms with Crippen molar-refractivity contribution in [1.29, 1.82) is 10.5 Å². The average molecular weight is 623 g/mol. The van der Waals surface area contributed by atoms with Gasteiger partial charge >= 0.3 is 11.9 Å². The number of ether oxygens (including phenoxy) is 3. The molecule has 2 aliphatic heterocycles. The normalized spacial score (nSPS) is 17.5. The van der Waals surface area contributed by atoms with Crippen molar-refractivity contribution in [2.75, 3.05) is 13.7 Å². The number of esters is 2. The number of hydrogen-bond donors (Lipinski definition) is 3. The van der Waals surface area contributed by atoms with Crippen molar-refractivity contribution in [3.63, 3.8) is 0 Å². The minimum atomic E-state index is -0.753. The van der Waals surface area contributed by atoms with Crippen LogP contribution in [0.15, 0.2) is 81.9 Å². The third-order valence-electron chi connectivity index (χ3n) is 7.60. The molecule has 0 saturated carbocycles. The van der Waals surface area contributed by atoms with Gasteiger partial charge in [0.15, 0.2) is 0 Å². The summed E-state index contributed by atoms with van der Waals surface area (Å²) < 4.78 is 15.9. The van der Waals surface area contributed by atoms with E-state index in [0.29, 0.717) is 50.0 Å². The summed E-state index contributed by atoms with van der Waals surface area (Å²) in [6, 6.07) is 18.9. The molecule has 45 heavy (non-hydrogen) atoms. The van der Waals surface area contributed by atoms with Gasteiger partial charge in [-0.25, -0.2) is 9.59 Å². The van der Waals surface area contributed by atoms with Crippen molar-refractivity contribution >= 4 is 23.7 Å². The molecule has 11 nitrogen and oxygen atoms in total. The van der Waals surface area contributed by atoms with Gasteiger partial charge in [-0.2, -0.15) is 10.5 Å². The van der Waals surface area contributed by atoms with Crippen LogP contribution in [0.4, 0.5) is 0 Å². The SMILES string of the molecule is CCOC(=O)C1=C(C)NC(SCc2[nH]nc3c2C(c2ccc(C)cc2)C(C#N)=C(N)O3)=C(C#N)C1c1ccc(C(=O)OC)cc1. The predicted molar refractivity (Wildman–Crippen MR) is 166 cm³/mol. The fourth-order valence-electron chi connectivity index (χ4n) is 5.42. The van der Waals surface area contributed by atoms with Gasteiger partial charge in [0, 0.05) is 11.4 Å². The molecule has 0 spiro atoms. The highest BCUT2D eigenvalue weighted by molar-refractivity contribution is 8.02. The van der Waals surface area contributed by atoms with Crippen LogP contribution in [0.25, 0.3) is 0 Å². The Hall–Kier alpha value is -5.46. The zero-order valence-corrected chi connectivity index (χ0v) is 25.9. The second-order valence-electron chi connectivity index (χ2n) is 10.3. The summed E-state index contributed by atoms with van der Waals surface area (Å²) in [5, 5.41) is 31.6. The van der Waals surface area contributed by atoms with E-state index in [9.17, 15) is 20.1 Å². The first kappa shape index (κ1) is 31.0. The number of dihydropyridines is 1. The van der Waals surface area contributed by atoms with Crippen LogP contribution in [0.1, 0.15) is 64.0 Å². The molecule has 12 heteroatoms. The summed E-state index contributed by atoms with van der Waals surface area (Å²) in [6.45, 7) is 5.61. The van der Waals surface area contributed by atoms with Crippen LogP contribution in [-0.2, 0) is 20.0 Å². The lowest BCUT2D eigenvalue weighted by molar-refractivity contribution is -0.138. The van der Waals surface area contributed by atoms with Crippen LogP contribution >= 0.6 is 11.8 Å². The number of nitriles is 2. The molecule has 2 unspecified atom stereocenters. The molecular weight excluding hydrogens is 592 g/mol. The van der Waals surface area contributed by atoms with Crippen LogP contribution in [0.3, 0.4) is 0 Å². The van der Waals surface area contributed by atoms with Crippen molar-refractivity contribution in [3.8, 4) is 18.0 Å². The summed E-state index contributed by atoms with van der Waals surface area (Å²) in [5.41, 5.74) is 11.8. The number of thioether (sulfide) groups is 1. The minimum Gasteiger partial charge on any atom is -0.465 e. The number of methoxy groups -OCH3 is 1. The smallest absolute Gasteiger partial charge is 0.337 e. The predicted octanol–water partition coefficient (Wildman–Crippen LogP) is 4.92. The average Bonchev–Trinajstić information content (AvgIpc) is 3.44. The highest BCUT2D eigenvalue weighted by Crippen LogP contribution is 2.46. The molecule has 3 heterocycles. The highest BCUT2D eigenvalue weighted by Gasteiger charge is 2.37. The van der Waals surface area contributed by atoms with Crippen molar-refractivity contribution in [1.82, 2.24) is 15.5 Å². The molecule has 0 saturated heterocycles. The quantitative estimate of drug-likeness (QED) is 0.291. The molecule has 228 valence electrons. The van der Waals surface area contributed by atoms with E-state index >= 15 is 0 Å². The molecule has 0 amide bonds. The summed E-state index contributed by atoms with van der Waals surface area (Å²) in [7, 11) is 1.30. The number of H-pyrrole nitrogens is 1. The van der Waals surface area contributed by atoms with E-state index in [4.69, 9.17) is 19.9 Å². The second kappa shape index (κ2) is 13.0. The summed E-state index contributed by atoms with van der Waals surface area (Å²) in [4.78, 5) is 25.2. The van der Waals surface area contributed by atoms with Crippen molar-refractivity contribution < 1.29 is 23.8 Å². The molecular formula is C33H30N6O5S. The van der Waals surface area contributed by atoms with Crippen molar-refractivity contribution in [3.05, 3.63) is 115 Å². The van der Waals surface area contributed by atoms with Crippen LogP contribution < -0.4 is 15.8 Å². The highest BCUT2D eigenvalue weighted by atomic mass is 32.2. The number of hydrogen-bond acceptors (Lipinski definition) is 11. The standard InChI is InChI=1S/C33H30N6O5S/c1-5-43-33(41)25-18(3)37-31(23(15-35)27(25)20-10-12-21(13-11-20)32(40)42-4)45-16-24-28-26(19-8-6-17(2)7-9-19)22(14-34)29(36)44-30(28)39-38-24/h6-13,26-27,37H,5,16,36H2,1-4H3,(H,38,39). The third kappa shape index (κ3) is 5.88. The summed E-state index contributed by atoms with van der Waals surface area (Å²) in [5.74, 6) is -1.71. The van der Waals surface area contributed by atoms with Crippen LogP contribution in [0.2, 0.25) is 0 Å². The lowest BCUT2D eigenvalue weighted by Crippen LogP contribution is -2.29. The van der Waals surface area contributed by atoms with Crippen LogP contribution in [-0.4, -0.2) is 35.9 Å². The molecule has 5 rings (SSSR count). The molecule has 2 aromatic carbocycles. The Balaban J connectivity index is 1.53. The Kier molecular flexibility index (Phi) is 8.98. The Morgan fingerprint density at radius 2 is 1.64 bits per heavy atom. The van der Waals surface area contributed by atoms with Crippen molar-refractivity contribution in [2.45, 2.75) is 38.4 Å². The molecule has 4 N–H and O–H groups in total. The number of carbonyl (C=O) groups excluding carboxylic acids is 2. The van der Waals surface area contributed by atoms with Gasteiger partial charge in [0.2, 0.25) is 11.8 Å². The maximum absolute atomic E-state index is 13.2. The van der Waals surface area contributed by atoms with Gasteiger partial charge in [-0.1, -0.05) is 42.0 Å². The zero-order chi connectivity index (χ0) is 32.2. The van der Waals surface area contributed by atoms with Crippen molar-refractivity contribution in [2.24, 2.45) is 5.73 Å². The number of nitrogens with two attached hydrogens (primary N) is 1. The molecule has 1 aromatic heterocycles. The lowest BCUT2D eigenvalue weighted by atomic mass is 9.82. The van der Waals surface area contributed by atoms with E-state index in [1.807, 2.05) is 31.2 Å². The Bertz CT molecular complexity index is 1840. The van der Waals surface area contributed by atoms with E-state index in [0.717, 1.165) is 11.1 Å². The molecule has 0 aliphatic carbocycles. The number of aryl methyl sites for hydroxylation is 1. The number of carbonyl (C=O) groups is 2. The van der Waals surface area contributed by atoms with E-state index < -0.39 is 23.8 Å². The van der Waals surface area contributed by atoms with Gasteiger partial charge < -0.3 is 25.3 Å². The monoisotopic (exact) mass is 622 g/mol. The van der Waals surface area contributed by atoms with Gasteiger partial charge in [0.05, 0.1) is 64.6 Å². The molecule has 0 bridgehead atoms. The van der Waals surface area contributed by atoms with E-state index in [1.165, 1.54) is 18.9 Å². The Morgan fingerprint density at radius 3 is 2.27 bits per heavy atom. The number of nitrogens with zero attached hydrogens (tertiary/aromatic N) is 3. The summed E-state index contributed by atoms with van der Waals surface area (Å²) in [6.07, 6.45) is 0. The third-order valence-corrected chi connectivity index (χ3v) is 8.64. The maximum atomic E-state index is 13.2. The van der Waals surface area contributed by atoms with E-state index in [1.54, 1.807) is 38.1 Å². The number of aromatic nitrogens is 2. The fourth-order valence-corrected chi connectivity index (χ4v) is 6.48. The minimum absolute atomic E-state index is 0.00184. The van der Waals surface area contributed by atoms with Gasteiger partial charge in [-0.05, 0) is 44.0 Å². The lowest BCUT2D eigenvalue weighted by Gasteiger charge is -2.29. The Morgan fingerprint density at radius 1 is 1.00 bits per heavy atom. The number of allylic oxidation sites excluding steroid dienone is 3. The first-order valence-corrected chi connectivity index (χ1v) is 15.0. The number of fused-ring (bicyclic) bond motifs is 1. The van der Waals surface area contributed by atoms with Gasteiger partial charge in [-0.3, -0.25) is 5.10 Å². The molecule has 0 fully saturated rings. The Labute approximate surface area is 264 Å². The van der Waals surface area contributed by atoms with Crippen LogP contribution in [0, 0.1) is 29.6 Å². The van der Waals surface area contributed by atoms with Gasteiger partial charge in [0.25, 0.3) is 0 Å². The number of aromatic amines is 1. The van der Waals surface area contributed by atoms with Gasteiger partial charge in [-0.15, -0.1) is 16.9 Å². The van der Waals surface area contributed by atoms with E-state index in [2.05, 4.69) is 27.7 Å². The largest absolute Gasteiger partial charge is 0.465 e. The second-order valence-corrected chi connectivity index (χ2v) is 11.3. The number of nitrogens with one attached hydrogen (secondary N) is 2. The zero-order valence-electron chi connectivity index (χ0n) is 25.1. The molecule has 3 aromatic rings. The first-order valence-electron chi connectivity index (χ1n) is 14.0. The van der Waals surface area contributed by atoms with Crippen LogP contribution in [0.5, 0.6) is 5.88 Å². The number of benzene rings is 2. The maximum Gasteiger partial charge on any atom is 0.337 e. The van der Waals surface area contributed by atoms with E-state index in [-0.39, 0.29) is 23.9 Å². The topological polar surface area (TPSA) is 176 Å². The van der Waals surface area contributed by atoms with Gasteiger partial charge in [0.1, 0.15) is 11.6 Å². The molecule has 2 aliphatic rings.